The molecule has 1 aromatic carbocycles. The molecule has 9 nitrogen and oxygen atoms in total. The number of furan rings is 1. The lowest BCUT2D eigenvalue weighted by Crippen LogP contribution is -2.41. The molecule has 0 fully saturated rings. The first kappa shape index (κ1) is 19.1. The smallest absolute Gasteiger partial charge is 0.243 e. The van der Waals surface area contributed by atoms with Gasteiger partial charge in [-0.15, -0.1) is 0 Å². The van der Waals surface area contributed by atoms with Gasteiger partial charge in [0.15, 0.2) is 0 Å². The summed E-state index contributed by atoms with van der Waals surface area (Å²) in [5.74, 6) is -0.334. The van der Waals surface area contributed by atoms with Gasteiger partial charge in [0.1, 0.15) is 5.58 Å². The minimum atomic E-state index is -3.66. The number of hydrogen-bond acceptors (Lipinski definition) is 6. The maximum Gasteiger partial charge on any atom is 0.243 e. The first-order chi connectivity index (χ1) is 13.1. The lowest BCUT2D eigenvalue weighted by atomic mass is 10.2. The number of hydrogen-bond donors (Lipinski definition) is 1. The number of rotatable bonds is 5. The van der Waals surface area contributed by atoms with Crippen LogP contribution < -0.4 is 4.72 Å². The van der Waals surface area contributed by atoms with Crippen molar-refractivity contribution in [3.05, 3.63) is 41.7 Å². The van der Waals surface area contributed by atoms with E-state index in [1.54, 1.807) is 18.2 Å². The Morgan fingerprint density at radius 3 is 2.39 bits per heavy atom. The fourth-order valence-corrected chi connectivity index (χ4v) is 5.30. The molecule has 2 aliphatic rings. The fraction of sp³-hybridized carbons (Fsp3) is 0.353. The van der Waals surface area contributed by atoms with E-state index in [1.807, 2.05) is 0 Å². The molecule has 1 amide bonds. The van der Waals surface area contributed by atoms with Gasteiger partial charge >= 0.3 is 0 Å². The predicted octanol–water partition coefficient (Wildman–Crippen LogP) is 0.125. The second-order valence-electron chi connectivity index (χ2n) is 6.94. The predicted molar refractivity (Wildman–Crippen MR) is 101 cm³/mol. The van der Waals surface area contributed by atoms with Crippen LogP contribution in [0.4, 0.5) is 0 Å². The highest BCUT2D eigenvalue weighted by molar-refractivity contribution is 7.89. The van der Waals surface area contributed by atoms with Gasteiger partial charge < -0.3 is 9.32 Å². The minimum Gasteiger partial charge on any atom is -0.464 e. The molecule has 1 aromatic heterocycles. The molecule has 0 radical (unpaired) electrons. The minimum absolute atomic E-state index is 0.202. The molecule has 0 spiro atoms. The number of fused-ring (bicyclic) bond motifs is 1. The van der Waals surface area contributed by atoms with Crippen LogP contribution in [0.5, 0.6) is 0 Å². The molecular formula is C17H19N3O6S2. The highest BCUT2D eigenvalue weighted by atomic mass is 32.2. The van der Waals surface area contributed by atoms with E-state index >= 15 is 0 Å². The SMILES string of the molecule is CS(=O)(=O)NCC(=O)N1CC2=C(C1)CN(S(=O)(=O)c1ccc3occc3c1)C2. The first-order valence-corrected chi connectivity index (χ1v) is 11.9. The number of carbonyl (C=O) groups excluding carboxylic acids is 1. The van der Waals surface area contributed by atoms with Crippen LogP contribution in [0.1, 0.15) is 0 Å². The summed E-state index contributed by atoms with van der Waals surface area (Å²) in [5.41, 5.74) is 2.40. The molecule has 2 aromatic rings. The molecule has 0 unspecified atom stereocenters. The van der Waals surface area contributed by atoms with Crippen molar-refractivity contribution in [2.75, 3.05) is 39.0 Å². The average molecular weight is 425 g/mol. The summed E-state index contributed by atoms with van der Waals surface area (Å²) in [6.07, 6.45) is 2.50. The summed E-state index contributed by atoms with van der Waals surface area (Å²) in [6.45, 7) is 0.777. The number of nitrogens with one attached hydrogen (secondary N) is 1. The third-order valence-corrected chi connectivity index (χ3v) is 7.35. The van der Waals surface area contributed by atoms with Crippen molar-refractivity contribution < 1.29 is 26.0 Å². The summed E-state index contributed by atoms with van der Waals surface area (Å²) < 4.78 is 57.0. The van der Waals surface area contributed by atoms with Gasteiger partial charge in [-0.05, 0) is 35.4 Å². The monoisotopic (exact) mass is 425 g/mol. The van der Waals surface area contributed by atoms with E-state index in [0.717, 1.165) is 22.8 Å². The molecule has 28 heavy (non-hydrogen) atoms. The molecular weight excluding hydrogens is 406 g/mol. The second kappa shape index (κ2) is 6.69. The Bertz CT molecular complexity index is 1180. The zero-order valence-corrected chi connectivity index (χ0v) is 16.7. The van der Waals surface area contributed by atoms with Gasteiger partial charge in [-0.3, -0.25) is 4.79 Å². The number of amides is 1. The van der Waals surface area contributed by atoms with E-state index in [4.69, 9.17) is 4.42 Å². The van der Waals surface area contributed by atoms with E-state index in [0.29, 0.717) is 18.7 Å². The Balaban J connectivity index is 1.42. The first-order valence-electron chi connectivity index (χ1n) is 8.53. The van der Waals surface area contributed by atoms with Crippen molar-refractivity contribution in [2.24, 2.45) is 0 Å². The van der Waals surface area contributed by atoms with Crippen LogP contribution in [0, 0.1) is 0 Å². The fourth-order valence-electron chi connectivity index (χ4n) is 3.45. The van der Waals surface area contributed by atoms with Crippen LogP contribution in [-0.4, -0.2) is 70.9 Å². The Hall–Kier alpha value is -2.21. The van der Waals surface area contributed by atoms with E-state index in [9.17, 15) is 21.6 Å². The third kappa shape index (κ3) is 3.58. The third-order valence-electron chi connectivity index (χ3n) is 4.90. The molecule has 4 rings (SSSR count). The summed E-state index contributed by atoms with van der Waals surface area (Å²) in [5, 5.41) is 0.718. The van der Waals surface area contributed by atoms with Crippen molar-refractivity contribution in [3.63, 3.8) is 0 Å². The van der Waals surface area contributed by atoms with Gasteiger partial charge in [0.05, 0.1) is 24.0 Å². The number of nitrogens with zero attached hydrogens (tertiary/aromatic N) is 2. The molecule has 0 atom stereocenters. The number of sulfonamides is 2. The normalized spacial score (nSPS) is 18.2. The molecule has 0 bridgehead atoms. The van der Waals surface area contributed by atoms with Crippen molar-refractivity contribution in [1.29, 1.82) is 0 Å². The van der Waals surface area contributed by atoms with E-state index < -0.39 is 20.0 Å². The Morgan fingerprint density at radius 1 is 1.07 bits per heavy atom. The molecule has 11 heteroatoms. The zero-order valence-electron chi connectivity index (χ0n) is 15.1. The van der Waals surface area contributed by atoms with Gasteiger partial charge in [0.2, 0.25) is 26.0 Å². The molecule has 3 heterocycles. The molecule has 0 saturated heterocycles. The lowest BCUT2D eigenvalue weighted by molar-refractivity contribution is -0.128. The molecule has 150 valence electrons. The van der Waals surface area contributed by atoms with Gasteiger partial charge in [-0.2, -0.15) is 4.31 Å². The summed E-state index contributed by atoms with van der Waals surface area (Å²) >= 11 is 0. The van der Waals surface area contributed by atoms with E-state index in [-0.39, 0.29) is 30.4 Å². The van der Waals surface area contributed by atoms with Gasteiger partial charge in [-0.25, -0.2) is 21.6 Å². The maximum atomic E-state index is 13.0. The highest BCUT2D eigenvalue weighted by Crippen LogP contribution is 2.31. The molecule has 0 aliphatic carbocycles. The summed E-state index contributed by atoms with van der Waals surface area (Å²) in [7, 11) is -7.11. The standard InChI is InChI=1S/C17H19N3O6S2/c1-27(22,23)18-7-17(21)19-8-13-10-20(11-14(13)9-19)28(24,25)15-2-3-16-12(6-15)4-5-26-16/h2-6,18H,7-11H2,1H3. The van der Waals surface area contributed by atoms with Gasteiger partial charge in [0.25, 0.3) is 0 Å². The van der Waals surface area contributed by atoms with Crippen LogP contribution in [-0.2, 0) is 24.8 Å². The Kier molecular flexibility index (Phi) is 4.57. The topological polar surface area (TPSA) is 117 Å². The van der Waals surface area contributed by atoms with Crippen molar-refractivity contribution in [3.8, 4) is 0 Å². The largest absolute Gasteiger partial charge is 0.464 e. The number of carbonyl (C=O) groups is 1. The second-order valence-corrected chi connectivity index (χ2v) is 10.7. The van der Waals surface area contributed by atoms with Crippen molar-refractivity contribution in [1.82, 2.24) is 13.9 Å². The zero-order chi connectivity index (χ0) is 20.1. The van der Waals surface area contributed by atoms with Crippen LogP contribution in [0.2, 0.25) is 0 Å². The van der Waals surface area contributed by atoms with Gasteiger partial charge in [0, 0.05) is 31.6 Å². The lowest BCUT2D eigenvalue weighted by Gasteiger charge is -2.22. The highest BCUT2D eigenvalue weighted by Gasteiger charge is 2.37. The average Bonchev–Trinajstić information content (AvgIpc) is 3.32. The number of benzene rings is 1. The van der Waals surface area contributed by atoms with E-state index in [1.165, 1.54) is 21.5 Å². The van der Waals surface area contributed by atoms with Crippen LogP contribution in [0.15, 0.2) is 51.0 Å². The molecule has 0 saturated carbocycles. The van der Waals surface area contributed by atoms with E-state index in [2.05, 4.69) is 4.72 Å². The summed E-state index contributed by atoms with van der Waals surface area (Å²) in [6, 6.07) is 6.46. The maximum absolute atomic E-state index is 13.0. The Morgan fingerprint density at radius 2 is 1.75 bits per heavy atom. The molecule has 1 N–H and O–H groups in total. The quantitative estimate of drug-likeness (QED) is 0.681. The Labute approximate surface area is 162 Å². The van der Waals surface area contributed by atoms with Crippen LogP contribution >= 0.6 is 0 Å². The van der Waals surface area contributed by atoms with Gasteiger partial charge in [-0.1, -0.05) is 0 Å². The van der Waals surface area contributed by atoms with Crippen LogP contribution in [0.3, 0.4) is 0 Å². The van der Waals surface area contributed by atoms with Crippen molar-refractivity contribution in [2.45, 2.75) is 4.90 Å². The molecule has 2 aliphatic heterocycles. The summed E-state index contributed by atoms with van der Waals surface area (Å²) in [4.78, 5) is 13.9. The van der Waals surface area contributed by atoms with Crippen LogP contribution in [0.25, 0.3) is 11.0 Å². The van der Waals surface area contributed by atoms with Crippen molar-refractivity contribution >= 4 is 36.9 Å².